The maximum Gasteiger partial charge on any atom is 0.248 e. The molecule has 0 amide bonds. The SMILES string of the molecule is CC1=NC2C=CC=CC2C1=CNNc1nc(N2CCCC2)nc(N2CCCC2)n1. The van der Waals surface area contributed by atoms with Crippen LogP contribution in [0.5, 0.6) is 0 Å². The number of allylic oxidation sites excluding steroid dienone is 2. The Balaban J connectivity index is 1.34. The molecule has 3 aliphatic heterocycles. The molecule has 5 rings (SSSR count). The lowest BCUT2D eigenvalue weighted by Gasteiger charge is -2.21. The van der Waals surface area contributed by atoms with E-state index in [9.17, 15) is 0 Å². The molecule has 2 atom stereocenters. The van der Waals surface area contributed by atoms with Gasteiger partial charge in [-0.15, -0.1) is 0 Å². The van der Waals surface area contributed by atoms with Gasteiger partial charge in [0.1, 0.15) is 0 Å². The van der Waals surface area contributed by atoms with Crippen LogP contribution in [0.1, 0.15) is 32.6 Å². The summed E-state index contributed by atoms with van der Waals surface area (Å²) in [6.45, 7) is 6.11. The van der Waals surface area contributed by atoms with Gasteiger partial charge in [0.25, 0.3) is 0 Å². The first-order chi connectivity index (χ1) is 14.3. The third-order valence-electron chi connectivity index (χ3n) is 6.03. The first-order valence-electron chi connectivity index (χ1n) is 10.7. The van der Waals surface area contributed by atoms with Gasteiger partial charge in [-0.25, -0.2) is 0 Å². The van der Waals surface area contributed by atoms with Gasteiger partial charge in [-0.05, 0) is 38.2 Å². The summed E-state index contributed by atoms with van der Waals surface area (Å²) in [6, 6.07) is 0.216. The predicted molar refractivity (Wildman–Crippen MR) is 116 cm³/mol. The number of hydrogen-bond acceptors (Lipinski definition) is 8. The minimum Gasteiger partial charge on any atom is -0.341 e. The Kier molecular flexibility index (Phi) is 4.91. The van der Waals surface area contributed by atoms with Gasteiger partial charge in [-0.1, -0.05) is 24.3 Å². The van der Waals surface area contributed by atoms with E-state index in [0.29, 0.717) is 11.9 Å². The number of aromatic nitrogens is 3. The summed E-state index contributed by atoms with van der Waals surface area (Å²) in [5.41, 5.74) is 8.64. The summed E-state index contributed by atoms with van der Waals surface area (Å²) in [7, 11) is 0. The summed E-state index contributed by atoms with van der Waals surface area (Å²) in [5.74, 6) is 2.41. The molecule has 152 valence electrons. The van der Waals surface area contributed by atoms with Gasteiger partial charge in [0.05, 0.1) is 6.04 Å². The number of anilines is 3. The molecule has 2 fully saturated rings. The van der Waals surface area contributed by atoms with Gasteiger partial charge in [-0.2, -0.15) is 15.0 Å². The van der Waals surface area contributed by atoms with Crippen molar-refractivity contribution in [3.05, 3.63) is 36.1 Å². The molecule has 8 nitrogen and oxygen atoms in total. The molecule has 0 aromatic carbocycles. The summed E-state index contributed by atoms with van der Waals surface area (Å²) in [4.78, 5) is 23.3. The largest absolute Gasteiger partial charge is 0.341 e. The third-order valence-corrected chi connectivity index (χ3v) is 6.03. The topological polar surface area (TPSA) is 81.6 Å². The first kappa shape index (κ1) is 18.1. The second-order valence-corrected chi connectivity index (χ2v) is 8.02. The van der Waals surface area contributed by atoms with Gasteiger partial charge in [0.15, 0.2) is 0 Å². The maximum absolute atomic E-state index is 4.76. The molecule has 8 heteroatoms. The Labute approximate surface area is 171 Å². The van der Waals surface area contributed by atoms with Crippen molar-refractivity contribution in [2.45, 2.75) is 38.6 Å². The van der Waals surface area contributed by atoms with Crippen LogP contribution in [-0.2, 0) is 0 Å². The van der Waals surface area contributed by atoms with Crippen molar-refractivity contribution in [2.24, 2.45) is 10.9 Å². The van der Waals surface area contributed by atoms with Gasteiger partial charge >= 0.3 is 0 Å². The Morgan fingerprint density at radius 3 is 2.17 bits per heavy atom. The minimum absolute atomic E-state index is 0.216. The summed E-state index contributed by atoms with van der Waals surface area (Å²) in [6.07, 6.45) is 15.3. The van der Waals surface area contributed by atoms with Crippen molar-refractivity contribution in [3.63, 3.8) is 0 Å². The average molecular weight is 393 g/mol. The monoisotopic (exact) mass is 392 g/mol. The second kappa shape index (κ2) is 7.85. The van der Waals surface area contributed by atoms with Crippen LogP contribution in [0.4, 0.5) is 17.8 Å². The number of fused-ring (bicyclic) bond motifs is 1. The van der Waals surface area contributed by atoms with Gasteiger partial charge in [0, 0.05) is 44.0 Å². The highest BCUT2D eigenvalue weighted by Crippen LogP contribution is 2.31. The molecule has 0 spiro atoms. The van der Waals surface area contributed by atoms with E-state index in [1.165, 1.54) is 31.3 Å². The quantitative estimate of drug-likeness (QED) is 0.745. The van der Waals surface area contributed by atoms with E-state index < -0.39 is 0 Å². The fraction of sp³-hybridized carbons (Fsp3) is 0.524. The van der Waals surface area contributed by atoms with Crippen molar-refractivity contribution < 1.29 is 0 Å². The fourth-order valence-corrected chi connectivity index (χ4v) is 4.45. The lowest BCUT2D eigenvalue weighted by molar-refractivity contribution is 0.700. The van der Waals surface area contributed by atoms with Crippen LogP contribution in [0.25, 0.3) is 0 Å². The van der Waals surface area contributed by atoms with E-state index >= 15 is 0 Å². The van der Waals surface area contributed by atoms with Gasteiger partial charge in [0.2, 0.25) is 17.8 Å². The van der Waals surface area contributed by atoms with E-state index in [1.54, 1.807) is 0 Å². The standard InChI is InChI=1S/C21H28N8/c1-15-17(16-8-2-3-9-18(16)23-15)14-22-27-19-24-20(28-10-4-5-11-28)26-21(25-19)29-12-6-7-13-29/h2-3,8-9,14,16,18,22H,4-7,10-13H2,1H3,(H,24,25,26,27). The van der Waals surface area contributed by atoms with Crippen LogP contribution >= 0.6 is 0 Å². The smallest absolute Gasteiger partial charge is 0.248 e. The Morgan fingerprint density at radius 2 is 1.52 bits per heavy atom. The zero-order valence-electron chi connectivity index (χ0n) is 16.9. The van der Waals surface area contributed by atoms with E-state index in [1.807, 2.05) is 6.20 Å². The molecule has 0 radical (unpaired) electrons. The van der Waals surface area contributed by atoms with Crippen LogP contribution in [0.3, 0.4) is 0 Å². The molecule has 1 aromatic heterocycles. The van der Waals surface area contributed by atoms with Crippen molar-refractivity contribution in [2.75, 3.05) is 41.4 Å². The van der Waals surface area contributed by atoms with E-state index in [-0.39, 0.29) is 6.04 Å². The predicted octanol–water partition coefficient (Wildman–Crippen LogP) is 2.46. The number of nitrogens with one attached hydrogen (secondary N) is 2. The first-order valence-corrected chi connectivity index (χ1v) is 10.7. The fourth-order valence-electron chi connectivity index (χ4n) is 4.45. The Morgan fingerprint density at radius 1 is 0.897 bits per heavy atom. The molecule has 4 aliphatic rings. The Bertz CT molecular complexity index is 840. The van der Waals surface area contributed by atoms with Crippen molar-refractivity contribution >= 4 is 23.6 Å². The summed E-state index contributed by atoms with van der Waals surface area (Å²) >= 11 is 0. The molecular weight excluding hydrogens is 364 g/mol. The highest BCUT2D eigenvalue weighted by Gasteiger charge is 2.29. The number of hydrogen-bond donors (Lipinski definition) is 2. The normalized spacial score (nSPS) is 26.9. The number of hydrazine groups is 1. The highest BCUT2D eigenvalue weighted by molar-refractivity contribution is 6.01. The van der Waals surface area contributed by atoms with Crippen LogP contribution in [0.15, 0.2) is 41.1 Å². The molecule has 2 saturated heterocycles. The lowest BCUT2D eigenvalue weighted by Crippen LogP contribution is -2.27. The number of nitrogens with zero attached hydrogens (tertiary/aromatic N) is 6. The molecule has 1 aromatic rings. The zero-order valence-corrected chi connectivity index (χ0v) is 16.9. The molecule has 4 heterocycles. The maximum atomic E-state index is 4.76. The average Bonchev–Trinajstić information content (AvgIpc) is 3.50. The molecule has 29 heavy (non-hydrogen) atoms. The van der Waals surface area contributed by atoms with Gasteiger partial charge < -0.3 is 15.2 Å². The van der Waals surface area contributed by atoms with Crippen LogP contribution < -0.4 is 20.7 Å². The molecule has 0 bridgehead atoms. The van der Waals surface area contributed by atoms with Crippen molar-refractivity contribution in [1.82, 2.24) is 20.4 Å². The van der Waals surface area contributed by atoms with E-state index in [4.69, 9.17) is 9.98 Å². The molecule has 2 unspecified atom stereocenters. The van der Waals surface area contributed by atoms with Crippen LogP contribution in [0.2, 0.25) is 0 Å². The third kappa shape index (κ3) is 3.71. The molecule has 2 N–H and O–H groups in total. The molecule has 1 aliphatic carbocycles. The zero-order chi connectivity index (χ0) is 19.6. The number of rotatable bonds is 5. The lowest BCUT2D eigenvalue weighted by atomic mass is 9.90. The molecule has 0 saturated carbocycles. The van der Waals surface area contributed by atoms with E-state index in [0.717, 1.165) is 43.8 Å². The van der Waals surface area contributed by atoms with Crippen LogP contribution in [0, 0.1) is 5.92 Å². The number of aliphatic imine (C=N–C) groups is 1. The minimum atomic E-state index is 0.216. The second-order valence-electron chi connectivity index (χ2n) is 8.02. The van der Waals surface area contributed by atoms with Crippen molar-refractivity contribution in [3.8, 4) is 0 Å². The summed E-state index contributed by atoms with van der Waals surface area (Å²) in [5, 5.41) is 0. The molecular formula is C21H28N8. The Hall–Kier alpha value is -2.90. The van der Waals surface area contributed by atoms with E-state index in [2.05, 4.69) is 61.8 Å². The van der Waals surface area contributed by atoms with Gasteiger partial charge in [-0.3, -0.25) is 10.4 Å². The summed E-state index contributed by atoms with van der Waals surface area (Å²) < 4.78 is 0. The van der Waals surface area contributed by atoms with Crippen molar-refractivity contribution in [1.29, 1.82) is 0 Å². The highest BCUT2D eigenvalue weighted by atomic mass is 15.4. The van der Waals surface area contributed by atoms with Crippen LogP contribution in [-0.4, -0.2) is 52.9 Å².